The summed E-state index contributed by atoms with van der Waals surface area (Å²) in [6.07, 6.45) is 3.94. The molecule has 1 heterocycles. The molecule has 23 heavy (non-hydrogen) atoms. The van der Waals surface area contributed by atoms with Gasteiger partial charge in [-0.1, -0.05) is 31.5 Å². The second kappa shape index (κ2) is 7.92. The van der Waals surface area contributed by atoms with Crippen LogP contribution in [0.4, 0.5) is 11.5 Å². The monoisotopic (exact) mass is 332 g/mol. The van der Waals surface area contributed by atoms with E-state index in [9.17, 15) is 4.79 Å². The summed E-state index contributed by atoms with van der Waals surface area (Å²) >= 11 is 6.09. The Morgan fingerprint density at radius 3 is 2.70 bits per heavy atom. The molecule has 0 unspecified atom stereocenters. The third-order valence-electron chi connectivity index (χ3n) is 3.42. The Labute approximate surface area is 141 Å². The number of amides is 1. The van der Waals surface area contributed by atoms with Crippen molar-refractivity contribution in [2.45, 2.75) is 27.2 Å². The van der Waals surface area contributed by atoms with Gasteiger partial charge in [-0.15, -0.1) is 0 Å². The summed E-state index contributed by atoms with van der Waals surface area (Å²) < 4.78 is 0. The van der Waals surface area contributed by atoms with E-state index in [1.807, 2.05) is 25.1 Å². The van der Waals surface area contributed by atoms with Crippen molar-refractivity contribution in [2.75, 3.05) is 11.9 Å². The average Bonchev–Trinajstić information content (AvgIpc) is 2.52. The van der Waals surface area contributed by atoms with Crippen molar-refractivity contribution >= 4 is 29.0 Å². The maximum absolute atomic E-state index is 11.9. The number of hydrogen-bond acceptors (Lipinski definition) is 4. The predicted molar refractivity (Wildman–Crippen MR) is 93.3 cm³/mol. The number of nitrogens with one attached hydrogen (secondary N) is 2. The van der Waals surface area contributed by atoms with E-state index in [1.165, 1.54) is 12.4 Å². The van der Waals surface area contributed by atoms with Crippen LogP contribution in [0.25, 0.3) is 0 Å². The molecule has 0 aliphatic rings. The van der Waals surface area contributed by atoms with Gasteiger partial charge < -0.3 is 10.6 Å². The molecule has 0 radical (unpaired) electrons. The van der Waals surface area contributed by atoms with Gasteiger partial charge in [-0.3, -0.25) is 4.79 Å². The van der Waals surface area contributed by atoms with Crippen LogP contribution >= 0.6 is 11.6 Å². The van der Waals surface area contributed by atoms with Crippen LogP contribution < -0.4 is 10.6 Å². The summed E-state index contributed by atoms with van der Waals surface area (Å²) in [7, 11) is 0. The van der Waals surface area contributed by atoms with Crippen LogP contribution in [0.1, 0.15) is 36.3 Å². The first-order valence-electron chi connectivity index (χ1n) is 7.59. The molecule has 0 saturated heterocycles. The van der Waals surface area contributed by atoms with Crippen LogP contribution in [0.2, 0.25) is 5.02 Å². The molecule has 5 nitrogen and oxygen atoms in total. The molecule has 2 aromatic rings. The normalized spacial score (nSPS) is 10.7. The van der Waals surface area contributed by atoms with Crippen molar-refractivity contribution in [3.8, 4) is 0 Å². The second-order valence-corrected chi connectivity index (χ2v) is 6.17. The van der Waals surface area contributed by atoms with E-state index in [0.29, 0.717) is 29.0 Å². The lowest BCUT2D eigenvalue weighted by atomic mass is 10.1. The van der Waals surface area contributed by atoms with E-state index in [2.05, 4.69) is 34.4 Å². The van der Waals surface area contributed by atoms with Gasteiger partial charge in [-0.25, -0.2) is 9.97 Å². The molecule has 122 valence electrons. The number of rotatable bonds is 6. The highest BCUT2D eigenvalue weighted by molar-refractivity contribution is 6.31. The van der Waals surface area contributed by atoms with Crippen LogP contribution in [0.15, 0.2) is 30.6 Å². The minimum atomic E-state index is -0.205. The number of halogens is 1. The van der Waals surface area contributed by atoms with Gasteiger partial charge >= 0.3 is 0 Å². The largest absolute Gasteiger partial charge is 0.351 e. The topological polar surface area (TPSA) is 66.9 Å². The van der Waals surface area contributed by atoms with Crippen LogP contribution in [0.5, 0.6) is 0 Å². The van der Waals surface area contributed by atoms with Crippen molar-refractivity contribution in [3.63, 3.8) is 0 Å². The molecule has 1 aromatic heterocycles. The number of nitrogens with zero attached hydrogens (tertiary/aromatic N) is 2. The lowest BCUT2D eigenvalue weighted by Crippen LogP contribution is -2.26. The quantitative estimate of drug-likeness (QED) is 0.840. The Kier molecular flexibility index (Phi) is 5.93. The van der Waals surface area contributed by atoms with Crippen molar-refractivity contribution < 1.29 is 4.79 Å². The molecule has 0 aliphatic carbocycles. The molecule has 0 aliphatic heterocycles. The van der Waals surface area contributed by atoms with Gasteiger partial charge in [0, 0.05) is 17.3 Å². The molecule has 0 bridgehead atoms. The molecule has 0 spiro atoms. The zero-order valence-corrected chi connectivity index (χ0v) is 14.3. The van der Waals surface area contributed by atoms with Crippen molar-refractivity contribution in [1.82, 2.24) is 15.3 Å². The maximum Gasteiger partial charge on any atom is 0.271 e. The summed E-state index contributed by atoms with van der Waals surface area (Å²) in [4.78, 5) is 20.3. The number of hydrogen-bond donors (Lipinski definition) is 2. The second-order valence-electron chi connectivity index (χ2n) is 5.76. The maximum atomic E-state index is 11.9. The molecule has 1 aromatic carbocycles. The molecular weight excluding hydrogens is 312 g/mol. The first-order valence-corrected chi connectivity index (χ1v) is 7.97. The fourth-order valence-corrected chi connectivity index (χ4v) is 2.13. The van der Waals surface area contributed by atoms with Gasteiger partial charge in [0.05, 0.1) is 12.4 Å². The zero-order chi connectivity index (χ0) is 16.8. The first kappa shape index (κ1) is 17.2. The van der Waals surface area contributed by atoms with Crippen molar-refractivity contribution in [2.24, 2.45) is 5.92 Å². The lowest BCUT2D eigenvalue weighted by molar-refractivity contribution is 0.0946. The van der Waals surface area contributed by atoms with E-state index in [-0.39, 0.29) is 5.91 Å². The van der Waals surface area contributed by atoms with Gasteiger partial charge in [0.1, 0.15) is 11.5 Å². The third kappa shape index (κ3) is 4.93. The fourth-order valence-electron chi connectivity index (χ4n) is 1.96. The first-order chi connectivity index (χ1) is 11.0. The van der Waals surface area contributed by atoms with E-state index in [1.54, 1.807) is 0 Å². The fraction of sp³-hybridized carbons (Fsp3) is 0.353. The van der Waals surface area contributed by atoms with E-state index in [0.717, 1.165) is 17.7 Å². The number of aromatic nitrogens is 2. The Bertz CT molecular complexity index is 671. The molecule has 0 atom stereocenters. The summed E-state index contributed by atoms with van der Waals surface area (Å²) in [6, 6.07) is 5.61. The van der Waals surface area contributed by atoms with Crippen molar-refractivity contribution in [3.05, 3.63) is 46.9 Å². The average molecular weight is 333 g/mol. The van der Waals surface area contributed by atoms with Gasteiger partial charge in [0.15, 0.2) is 0 Å². The Morgan fingerprint density at radius 2 is 2.04 bits per heavy atom. The predicted octanol–water partition coefficient (Wildman–Crippen LogP) is 3.96. The third-order valence-corrected chi connectivity index (χ3v) is 3.83. The molecule has 2 rings (SSSR count). The standard InChI is InChI=1S/C17H21ClN4O/c1-11(2)7-8-19-17(23)15-9-21-16(10-20-15)22-14-6-4-5-13(18)12(14)3/h4-6,9-11H,7-8H2,1-3H3,(H,19,23)(H,21,22). The minimum absolute atomic E-state index is 0.205. The minimum Gasteiger partial charge on any atom is -0.351 e. The van der Waals surface area contributed by atoms with Gasteiger partial charge in [0.2, 0.25) is 0 Å². The SMILES string of the molecule is Cc1c(Cl)cccc1Nc1cnc(C(=O)NCCC(C)C)cn1. The van der Waals surface area contributed by atoms with Crippen LogP contribution in [-0.4, -0.2) is 22.4 Å². The van der Waals surface area contributed by atoms with Crippen LogP contribution in [0, 0.1) is 12.8 Å². The Hall–Kier alpha value is -2.14. The molecule has 0 fully saturated rings. The molecular formula is C17H21ClN4O. The zero-order valence-electron chi connectivity index (χ0n) is 13.6. The molecule has 2 N–H and O–H groups in total. The molecule has 0 saturated carbocycles. The van der Waals surface area contributed by atoms with E-state index >= 15 is 0 Å². The van der Waals surface area contributed by atoms with Crippen LogP contribution in [-0.2, 0) is 0 Å². The number of carbonyl (C=O) groups excluding carboxylic acids is 1. The van der Waals surface area contributed by atoms with E-state index < -0.39 is 0 Å². The molecule has 1 amide bonds. The lowest BCUT2D eigenvalue weighted by Gasteiger charge is -2.10. The van der Waals surface area contributed by atoms with E-state index in [4.69, 9.17) is 11.6 Å². The summed E-state index contributed by atoms with van der Waals surface area (Å²) in [6.45, 7) is 6.79. The molecule has 6 heteroatoms. The van der Waals surface area contributed by atoms with Gasteiger partial charge in [-0.2, -0.15) is 0 Å². The number of carbonyl (C=O) groups is 1. The number of benzene rings is 1. The summed E-state index contributed by atoms with van der Waals surface area (Å²) in [5.41, 5.74) is 2.11. The van der Waals surface area contributed by atoms with Crippen molar-refractivity contribution in [1.29, 1.82) is 0 Å². The summed E-state index contributed by atoms with van der Waals surface area (Å²) in [5, 5.41) is 6.67. The smallest absolute Gasteiger partial charge is 0.271 e. The Morgan fingerprint density at radius 1 is 1.26 bits per heavy atom. The van der Waals surface area contributed by atoms with Gasteiger partial charge in [0.25, 0.3) is 5.91 Å². The highest BCUT2D eigenvalue weighted by Crippen LogP contribution is 2.25. The van der Waals surface area contributed by atoms with Crippen LogP contribution in [0.3, 0.4) is 0 Å². The number of anilines is 2. The van der Waals surface area contributed by atoms with Gasteiger partial charge in [-0.05, 0) is 37.0 Å². The summed E-state index contributed by atoms with van der Waals surface area (Å²) in [5.74, 6) is 0.909. The highest BCUT2D eigenvalue weighted by Gasteiger charge is 2.09. The Balaban J connectivity index is 1.99. The highest BCUT2D eigenvalue weighted by atomic mass is 35.5.